The lowest BCUT2D eigenvalue weighted by molar-refractivity contribution is -0.145. The lowest BCUT2D eigenvalue weighted by atomic mass is 9.87. The van der Waals surface area contributed by atoms with Crippen LogP contribution < -0.4 is 0 Å². The summed E-state index contributed by atoms with van der Waals surface area (Å²) in [6.07, 6.45) is -0.451. The number of carboxylic acids is 1. The SMILES string of the molecule is COCc1c(F)c(F)c(CC2(C(=O)O)C(C=O)C2(C)C)c(F)c1F. The van der Waals surface area contributed by atoms with E-state index in [2.05, 4.69) is 4.74 Å². The number of aliphatic carboxylic acids is 1. The topological polar surface area (TPSA) is 63.6 Å². The molecule has 0 amide bonds. The van der Waals surface area contributed by atoms with E-state index in [0.717, 1.165) is 7.11 Å². The summed E-state index contributed by atoms with van der Waals surface area (Å²) >= 11 is 0. The number of ether oxygens (including phenoxy) is 1. The second kappa shape index (κ2) is 5.84. The molecule has 0 aliphatic heterocycles. The van der Waals surface area contributed by atoms with Crippen LogP contribution in [0.5, 0.6) is 0 Å². The molecule has 2 atom stereocenters. The second-order valence-corrected chi connectivity index (χ2v) is 6.43. The second-order valence-electron chi connectivity index (χ2n) is 6.43. The number of carbonyl (C=O) groups excluding carboxylic acids is 1. The van der Waals surface area contributed by atoms with Gasteiger partial charge in [-0.3, -0.25) is 4.79 Å². The Balaban J connectivity index is 2.59. The molecule has 0 saturated heterocycles. The highest BCUT2D eigenvalue weighted by molar-refractivity contribution is 5.88. The van der Waals surface area contributed by atoms with Gasteiger partial charge in [-0.05, 0) is 11.8 Å². The fraction of sp³-hybridized carbons (Fsp3) is 0.500. The monoisotopic (exact) mass is 348 g/mol. The zero-order valence-electron chi connectivity index (χ0n) is 13.3. The maximum Gasteiger partial charge on any atom is 0.311 e. The molecule has 0 heterocycles. The maximum atomic E-state index is 14.2. The molecule has 1 saturated carbocycles. The molecule has 1 aliphatic carbocycles. The van der Waals surface area contributed by atoms with Crippen LogP contribution in [0.3, 0.4) is 0 Å². The molecule has 8 heteroatoms. The van der Waals surface area contributed by atoms with E-state index < -0.39 is 70.1 Å². The predicted molar refractivity (Wildman–Crippen MR) is 74.1 cm³/mol. The molecule has 2 rings (SSSR count). The van der Waals surface area contributed by atoms with Crippen LogP contribution in [0.2, 0.25) is 0 Å². The molecule has 132 valence electrons. The Hall–Kier alpha value is -1.96. The number of halogens is 4. The first kappa shape index (κ1) is 18.4. The number of carbonyl (C=O) groups is 2. The van der Waals surface area contributed by atoms with Crippen molar-refractivity contribution in [3.05, 3.63) is 34.4 Å². The minimum Gasteiger partial charge on any atom is -0.481 e. The third kappa shape index (κ3) is 2.23. The van der Waals surface area contributed by atoms with Crippen LogP contribution in [0.15, 0.2) is 0 Å². The first-order chi connectivity index (χ1) is 11.1. The van der Waals surface area contributed by atoms with Crippen LogP contribution >= 0.6 is 0 Å². The largest absolute Gasteiger partial charge is 0.481 e. The third-order valence-electron chi connectivity index (χ3n) is 5.08. The van der Waals surface area contributed by atoms with Crippen molar-refractivity contribution in [3.8, 4) is 0 Å². The smallest absolute Gasteiger partial charge is 0.311 e. The van der Waals surface area contributed by atoms with E-state index >= 15 is 0 Å². The van der Waals surface area contributed by atoms with Crippen LogP contribution in [0.1, 0.15) is 25.0 Å². The Morgan fingerprint density at radius 3 is 1.92 bits per heavy atom. The van der Waals surface area contributed by atoms with Gasteiger partial charge in [0.2, 0.25) is 0 Å². The average molecular weight is 348 g/mol. The first-order valence-corrected chi connectivity index (χ1v) is 7.09. The van der Waals surface area contributed by atoms with Gasteiger partial charge in [0.05, 0.1) is 17.6 Å². The van der Waals surface area contributed by atoms with Gasteiger partial charge in [-0.25, -0.2) is 17.6 Å². The molecule has 1 fully saturated rings. The van der Waals surface area contributed by atoms with Gasteiger partial charge >= 0.3 is 5.97 Å². The predicted octanol–water partition coefficient (Wildman–Crippen LogP) is 2.86. The van der Waals surface area contributed by atoms with E-state index in [1.54, 1.807) is 0 Å². The van der Waals surface area contributed by atoms with E-state index in [4.69, 9.17) is 0 Å². The molecule has 0 bridgehead atoms. The third-order valence-corrected chi connectivity index (χ3v) is 5.08. The summed E-state index contributed by atoms with van der Waals surface area (Å²) in [6.45, 7) is 2.21. The van der Waals surface area contributed by atoms with Gasteiger partial charge in [0.15, 0.2) is 23.3 Å². The Bertz CT molecular complexity index is 688. The van der Waals surface area contributed by atoms with Gasteiger partial charge in [0.25, 0.3) is 0 Å². The van der Waals surface area contributed by atoms with Crippen molar-refractivity contribution >= 4 is 12.3 Å². The van der Waals surface area contributed by atoms with Crippen molar-refractivity contribution in [1.82, 2.24) is 0 Å². The first-order valence-electron chi connectivity index (χ1n) is 7.09. The van der Waals surface area contributed by atoms with Crippen LogP contribution in [-0.4, -0.2) is 24.5 Å². The van der Waals surface area contributed by atoms with Gasteiger partial charge in [-0.15, -0.1) is 0 Å². The summed E-state index contributed by atoms with van der Waals surface area (Å²) in [5, 5.41) is 9.45. The summed E-state index contributed by atoms with van der Waals surface area (Å²) < 4.78 is 60.9. The molecular formula is C16H16F4O4. The van der Waals surface area contributed by atoms with Crippen molar-refractivity contribution in [3.63, 3.8) is 0 Å². The van der Waals surface area contributed by atoms with Crippen molar-refractivity contribution < 1.29 is 37.0 Å². The Morgan fingerprint density at radius 1 is 1.12 bits per heavy atom. The van der Waals surface area contributed by atoms with E-state index in [9.17, 15) is 32.3 Å². The molecule has 0 spiro atoms. The van der Waals surface area contributed by atoms with Crippen LogP contribution in [0.4, 0.5) is 17.6 Å². The lowest BCUT2D eigenvalue weighted by Crippen LogP contribution is -2.26. The summed E-state index contributed by atoms with van der Waals surface area (Å²) in [5.74, 6) is -9.08. The highest BCUT2D eigenvalue weighted by Crippen LogP contribution is 2.69. The Kier molecular flexibility index (Phi) is 4.47. The van der Waals surface area contributed by atoms with Crippen LogP contribution in [-0.2, 0) is 27.4 Å². The summed E-state index contributed by atoms with van der Waals surface area (Å²) in [6, 6.07) is 0. The van der Waals surface area contributed by atoms with E-state index in [1.807, 2.05) is 0 Å². The van der Waals surface area contributed by atoms with E-state index in [0.29, 0.717) is 6.29 Å². The fourth-order valence-electron chi connectivity index (χ4n) is 3.43. The molecule has 0 aromatic heterocycles. The zero-order valence-corrected chi connectivity index (χ0v) is 13.3. The number of rotatable bonds is 6. The number of benzene rings is 1. The van der Waals surface area contributed by atoms with Crippen LogP contribution in [0, 0.1) is 40.0 Å². The molecule has 1 aromatic carbocycles. The molecule has 0 radical (unpaired) electrons. The summed E-state index contributed by atoms with van der Waals surface area (Å²) in [5.41, 5.74) is -4.86. The van der Waals surface area contributed by atoms with Gasteiger partial charge in [0, 0.05) is 18.6 Å². The maximum absolute atomic E-state index is 14.2. The molecule has 1 aliphatic rings. The van der Waals surface area contributed by atoms with Crippen molar-refractivity contribution in [2.45, 2.75) is 26.9 Å². The van der Waals surface area contributed by atoms with Crippen molar-refractivity contribution in [1.29, 1.82) is 0 Å². The molecule has 1 N–H and O–H groups in total. The number of hydrogen-bond donors (Lipinski definition) is 1. The zero-order chi connectivity index (χ0) is 18.4. The molecule has 24 heavy (non-hydrogen) atoms. The number of hydrogen-bond acceptors (Lipinski definition) is 3. The van der Waals surface area contributed by atoms with Crippen molar-refractivity contribution in [2.24, 2.45) is 16.7 Å². The molecular weight excluding hydrogens is 332 g/mol. The molecule has 1 aromatic rings. The Labute approximate surface area is 135 Å². The molecule has 2 unspecified atom stereocenters. The van der Waals surface area contributed by atoms with E-state index in [-0.39, 0.29) is 0 Å². The minimum absolute atomic E-state index is 0.385. The van der Waals surface area contributed by atoms with Gasteiger partial charge in [-0.2, -0.15) is 0 Å². The van der Waals surface area contributed by atoms with Crippen LogP contribution in [0.25, 0.3) is 0 Å². The Morgan fingerprint density at radius 2 is 1.58 bits per heavy atom. The van der Waals surface area contributed by atoms with Gasteiger partial charge < -0.3 is 14.6 Å². The van der Waals surface area contributed by atoms with Crippen molar-refractivity contribution in [2.75, 3.05) is 7.11 Å². The number of aldehydes is 1. The fourth-order valence-corrected chi connectivity index (χ4v) is 3.43. The summed E-state index contributed by atoms with van der Waals surface area (Å²) in [4.78, 5) is 22.7. The van der Waals surface area contributed by atoms with Gasteiger partial charge in [-0.1, -0.05) is 13.8 Å². The highest BCUT2D eigenvalue weighted by Gasteiger charge is 2.76. The quantitative estimate of drug-likeness (QED) is 0.488. The number of methoxy groups -OCH3 is 1. The average Bonchev–Trinajstić information content (AvgIpc) is 3.01. The number of carboxylic acid groups (broad SMARTS) is 1. The summed E-state index contributed by atoms with van der Waals surface area (Å²) in [7, 11) is 1.10. The normalized spacial score (nSPS) is 24.7. The lowest BCUT2D eigenvalue weighted by Gasteiger charge is -2.18. The minimum atomic E-state index is -1.82. The standard InChI is InChI=1S/C16H16F4O4/c1-15(2)9(5-21)16(15,14(22)23)4-7-10(17)12(19)8(6-24-3)13(20)11(7)18/h5,9H,4,6H2,1-3H3,(H,22,23). The highest BCUT2D eigenvalue weighted by atomic mass is 19.2. The van der Waals surface area contributed by atoms with Gasteiger partial charge in [0.1, 0.15) is 6.29 Å². The van der Waals surface area contributed by atoms with E-state index in [1.165, 1.54) is 13.8 Å². The molecule has 4 nitrogen and oxygen atoms in total.